The van der Waals surface area contributed by atoms with Crippen LogP contribution in [0.4, 0.5) is 9.18 Å². The Labute approximate surface area is 141 Å². The number of urea groups is 1. The molecule has 0 aromatic heterocycles. The van der Waals surface area contributed by atoms with E-state index in [0.29, 0.717) is 6.54 Å². The van der Waals surface area contributed by atoms with Gasteiger partial charge in [-0.15, -0.1) is 0 Å². The Morgan fingerprint density at radius 1 is 1.08 bits per heavy atom. The average Bonchev–Trinajstić information content (AvgIpc) is 2.61. The number of carbonyl (C=O) groups excluding carboxylic acids is 1. The van der Waals surface area contributed by atoms with E-state index in [4.69, 9.17) is 5.11 Å². The van der Waals surface area contributed by atoms with Crippen LogP contribution in [0.2, 0.25) is 0 Å². The Kier molecular flexibility index (Phi) is 6.75. The van der Waals surface area contributed by atoms with E-state index in [0.717, 1.165) is 17.5 Å². The van der Waals surface area contributed by atoms with E-state index in [1.165, 1.54) is 12.1 Å². The molecule has 128 valence electrons. The monoisotopic (exact) mass is 330 g/mol. The van der Waals surface area contributed by atoms with Crippen LogP contribution in [0.25, 0.3) is 0 Å². The van der Waals surface area contributed by atoms with Crippen molar-refractivity contribution >= 4 is 6.03 Å². The van der Waals surface area contributed by atoms with E-state index in [9.17, 15) is 9.18 Å². The predicted molar refractivity (Wildman–Crippen MR) is 92.2 cm³/mol. The Morgan fingerprint density at radius 2 is 1.71 bits per heavy atom. The second-order valence-corrected chi connectivity index (χ2v) is 5.56. The first-order valence-corrected chi connectivity index (χ1v) is 8.12. The predicted octanol–water partition coefficient (Wildman–Crippen LogP) is 3.33. The molecule has 0 fully saturated rings. The van der Waals surface area contributed by atoms with Crippen LogP contribution in [0.3, 0.4) is 0 Å². The molecule has 0 aliphatic carbocycles. The van der Waals surface area contributed by atoms with Gasteiger partial charge in [0.05, 0.1) is 12.6 Å². The SMILES string of the molecule is CCCN(CCO)C(=O)NC(c1ccccc1)c1ccc(F)cc1. The zero-order valence-electron chi connectivity index (χ0n) is 13.8. The number of amides is 2. The van der Waals surface area contributed by atoms with E-state index in [-0.39, 0.29) is 31.0 Å². The third-order valence-corrected chi connectivity index (χ3v) is 3.75. The number of hydrogen-bond acceptors (Lipinski definition) is 2. The molecule has 0 heterocycles. The number of aliphatic hydroxyl groups is 1. The molecule has 1 atom stereocenters. The first-order chi connectivity index (χ1) is 11.7. The highest BCUT2D eigenvalue weighted by Gasteiger charge is 2.20. The molecule has 2 aromatic carbocycles. The molecule has 2 N–H and O–H groups in total. The second-order valence-electron chi connectivity index (χ2n) is 5.56. The summed E-state index contributed by atoms with van der Waals surface area (Å²) in [5.74, 6) is -0.315. The number of halogens is 1. The van der Waals surface area contributed by atoms with Crippen LogP contribution >= 0.6 is 0 Å². The first-order valence-electron chi connectivity index (χ1n) is 8.12. The highest BCUT2D eigenvalue weighted by atomic mass is 19.1. The number of carbonyl (C=O) groups is 1. The number of benzene rings is 2. The van der Waals surface area contributed by atoms with Crippen LogP contribution in [-0.4, -0.2) is 35.7 Å². The van der Waals surface area contributed by atoms with Crippen LogP contribution in [0.5, 0.6) is 0 Å². The zero-order valence-corrected chi connectivity index (χ0v) is 13.8. The number of aliphatic hydroxyl groups excluding tert-OH is 1. The van der Waals surface area contributed by atoms with Gasteiger partial charge in [0.25, 0.3) is 0 Å². The van der Waals surface area contributed by atoms with Crippen molar-refractivity contribution in [1.29, 1.82) is 0 Å². The Bertz CT molecular complexity index is 626. The lowest BCUT2D eigenvalue weighted by molar-refractivity contribution is 0.175. The summed E-state index contributed by atoms with van der Waals surface area (Å²) in [6.45, 7) is 2.74. The highest BCUT2D eigenvalue weighted by molar-refractivity contribution is 5.75. The summed E-state index contributed by atoms with van der Waals surface area (Å²) >= 11 is 0. The standard InChI is InChI=1S/C19H23FN2O2/c1-2-12-22(13-14-23)19(24)21-18(15-6-4-3-5-7-15)16-8-10-17(20)11-9-16/h3-11,18,23H,2,12-14H2,1H3,(H,21,24). The number of rotatable bonds is 7. The van der Waals surface area contributed by atoms with Crippen molar-refractivity contribution < 1.29 is 14.3 Å². The van der Waals surface area contributed by atoms with Crippen molar-refractivity contribution in [3.8, 4) is 0 Å². The second kappa shape index (κ2) is 9.03. The fraction of sp³-hybridized carbons (Fsp3) is 0.316. The quantitative estimate of drug-likeness (QED) is 0.818. The van der Waals surface area contributed by atoms with Crippen LogP contribution < -0.4 is 5.32 Å². The lowest BCUT2D eigenvalue weighted by Crippen LogP contribution is -2.43. The smallest absolute Gasteiger partial charge is 0.318 e. The fourth-order valence-electron chi connectivity index (χ4n) is 2.58. The van der Waals surface area contributed by atoms with Crippen molar-refractivity contribution in [2.45, 2.75) is 19.4 Å². The maximum absolute atomic E-state index is 13.2. The number of nitrogens with zero attached hydrogens (tertiary/aromatic N) is 1. The summed E-state index contributed by atoms with van der Waals surface area (Å²) in [6, 6.07) is 15.0. The minimum absolute atomic E-state index is 0.0834. The van der Waals surface area contributed by atoms with Crippen molar-refractivity contribution in [2.24, 2.45) is 0 Å². The highest BCUT2D eigenvalue weighted by Crippen LogP contribution is 2.22. The van der Waals surface area contributed by atoms with Gasteiger partial charge in [-0.25, -0.2) is 9.18 Å². The molecule has 0 spiro atoms. The lowest BCUT2D eigenvalue weighted by atomic mass is 9.99. The third kappa shape index (κ3) is 4.80. The normalized spacial score (nSPS) is 11.8. The van der Waals surface area contributed by atoms with Crippen molar-refractivity contribution in [3.05, 3.63) is 71.5 Å². The molecule has 0 saturated heterocycles. The van der Waals surface area contributed by atoms with Crippen LogP contribution in [0.15, 0.2) is 54.6 Å². The molecule has 0 aliphatic heterocycles. The van der Waals surface area contributed by atoms with E-state index in [1.54, 1.807) is 17.0 Å². The van der Waals surface area contributed by atoms with Gasteiger partial charge in [-0.3, -0.25) is 0 Å². The summed E-state index contributed by atoms with van der Waals surface area (Å²) in [5, 5.41) is 12.1. The van der Waals surface area contributed by atoms with Crippen LogP contribution in [-0.2, 0) is 0 Å². The third-order valence-electron chi connectivity index (χ3n) is 3.75. The topological polar surface area (TPSA) is 52.6 Å². The van der Waals surface area contributed by atoms with E-state index in [1.807, 2.05) is 37.3 Å². The fourth-order valence-corrected chi connectivity index (χ4v) is 2.58. The summed E-state index contributed by atoms with van der Waals surface area (Å²) < 4.78 is 13.2. The van der Waals surface area contributed by atoms with Crippen molar-refractivity contribution in [3.63, 3.8) is 0 Å². The molecule has 0 saturated carbocycles. The van der Waals surface area contributed by atoms with Crippen molar-refractivity contribution in [2.75, 3.05) is 19.7 Å². The van der Waals surface area contributed by atoms with Gasteiger partial charge in [0.1, 0.15) is 5.82 Å². The van der Waals surface area contributed by atoms with Gasteiger partial charge in [0, 0.05) is 13.1 Å². The van der Waals surface area contributed by atoms with Gasteiger partial charge in [-0.05, 0) is 29.7 Å². The van der Waals surface area contributed by atoms with Gasteiger partial charge < -0.3 is 15.3 Å². The van der Waals surface area contributed by atoms with E-state index < -0.39 is 0 Å². The summed E-state index contributed by atoms with van der Waals surface area (Å²) in [5.41, 5.74) is 1.72. The molecular formula is C19H23FN2O2. The van der Waals surface area contributed by atoms with Gasteiger partial charge in [0.2, 0.25) is 0 Å². The maximum atomic E-state index is 13.2. The minimum atomic E-state index is -0.377. The molecule has 0 aliphatic rings. The van der Waals surface area contributed by atoms with E-state index >= 15 is 0 Å². The van der Waals surface area contributed by atoms with Gasteiger partial charge in [-0.1, -0.05) is 49.4 Å². The molecule has 2 amide bonds. The number of nitrogens with one attached hydrogen (secondary N) is 1. The first kappa shape index (κ1) is 17.9. The van der Waals surface area contributed by atoms with Crippen LogP contribution in [0, 0.1) is 5.82 Å². The summed E-state index contributed by atoms with van der Waals surface area (Å²) in [4.78, 5) is 14.2. The molecule has 24 heavy (non-hydrogen) atoms. The molecule has 0 radical (unpaired) electrons. The summed E-state index contributed by atoms with van der Waals surface area (Å²) in [7, 11) is 0. The molecule has 1 unspecified atom stereocenters. The zero-order chi connectivity index (χ0) is 17.4. The molecule has 4 nitrogen and oxygen atoms in total. The average molecular weight is 330 g/mol. The van der Waals surface area contributed by atoms with E-state index in [2.05, 4.69) is 5.32 Å². The maximum Gasteiger partial charge on any atom is 0.318 e. The molecule has 2 aromatic rings. The van der Waals surface area contributed by atoms with Gasteiger partial charge in [-0.2, -0.15) is 0 Å². The van der Waals surface area contributed by atoms with Gasteiger partial charge in [0.15, 0.2) is 0 Å². The summed E-state index contributed by atoms with van der Waals surface area (Å²) in [6.07, 6.45) is 0.806. The number of hydrogen-bond donors (Lipinski definition) is 2. The largest absolute Gasteiger partial charge is 0.395 e. The molecule has 2 rings (SSSR count). The van der Waals surface area contributed by atoms with Gasteiger partial charge >= 0.3 is 6.03 Å². The molecular weight excluding hydrogens is 307 g/mol. The Hall–Kier alpha value is -2.40. The molecule has 0 bridgehead atoms. The Balaban J connectivity index is 2.26. The lowest BCUT2D eigenvalue weighted by Gasteiger charge is -2.26. The molecule has 5 heteroatoms. The minimum Gasteiger partial charge on any atom is -0.395 e. The van der Waals surface area contributed by atoms with Crippen molar-refractivity contribution in [1.82, 2.24) is 10.2 Å². The Morgan fingerprint density at radius 3 is 2.29 bits per heavy atom. The van der Waals surface area contributed by atoms with Crippen LogP contribution in [0.1, 0.15) is 30.5 Å².